The van der Waals surface area contributed by atoms with Crippen LogP contribution in [0.3, 0.4) is 0 Å². The van der Waals surface area contributed by atoms with Gasteiger partial charge in [0, 0.05) is 31.4 Å². The molecule has 23 heavy (non-hydrogen) atoms. The van der Waals surface area contributed by atoms with Gasteiger partial charge < -0.3 is 9.47 Å². The van der Waals surface area contributed by atoms with Gasteiger partial charge in [0.2, 0.25) is 5.91 Å². The van der Waals surface area contributed by atoms with Gasteiger partial charge in [-0.2, -0.15) is 11.3 Å². The minimum Gasteiger partial charge on any atom is -0.337 e. The molecule has 0 bridgehead atoms. The number of thiophene rings is 1. The lowest BCUT2D eigenvalue weighted by atomic mass is 9.77. The highest BCUT2D eigenvalue weighted by Crippen LogP contribution is 2.43. The van der Waals surface area contributed by atoms with Gasteiger partial charge in [-0.3, -0.25) is 9.69 Å². The van der Waals surface area contributed by atoms with Crippen LogP contribution in [-0.2, 0) is 18.4 Å². The van der Waals surface area contributed by atoms with Gasteiger partial charge in [0.15, 0.2) is 0 Å². The van der Waals surface area contributed by atoms with Crippen molar-refractivity contribution in [2.24, 2.45) is 12.5 Å². The SMILES string of the molecule is Cn1ccnc1CN1CCC2(CC1)CCN(c1ccsc1)C2=O. The van der Waals surface area contributed by atoms with Crippen molar-refractivity contribution in [1.82, 2.24) is 14.5 Å². The topological polar surface area (TPSA) is 41.4 Å². The first-order valence-electron chi connectivity index (χ1n) is 8.21. The number of aromatic nitrogens is 2. The monoisotopic (exact) mass is 330 g/mol. The van der Waals surface area contributed by atoms with E-state index in [2.05, 4.69) is 25.9 Å². The summed E-state index contributed by atoms with van der Waals surface area (Å²) in [6.07, 6.45) is 6.77. The average Bonchev–Trinajstić information content (AvgIpc) is 3.27. The third-order valence-electron chi connectivity index (χ3n) is 5.43. The van der Waals surface area contributed by atoms with Crippen molar-refractivity contribution in [3.63, 3.8) is 0 Å². The molecule has 5 nitrogen and oxygen atoms in total. The molecule has 4 rings (SSSR count). The van der Waals surface area contributed by atoms with Crippen LogP contribution >= 0.6 is 11.3 Å². The fourth-order valence-electron chi connectivity index (χ4n) is 3.83. The lowest BCUT2D eigenvalue weighted by Crippen LogP contribution is -2.44. The largest absolute Gasteiger partial charge is 0.337 e. The number of amides is 1. The fraction of sp³-hybridized carbons (Fsp3) is 0.529. The van der Waals surface area contributed by atoms with Crippen molar-refractivity contribution in [2.75, 3.05) is 24.5 Å². The number of imidazole rings is 1. The van der Waals surface area contributed by atoms with Crippen molar-refractivity contribution in [3.05, 3.63) is 35.0 Å². The molecule has 1 spiro atoms. The van der Waals surface area contributed by atoms with Crippen LogP contribution in [0.4, 0.5) is 5.69 Å². The normalized spacial score (nSPS) is 21.4. The first-order valence-corrected chi connectivity index (χ1v) is 9.15. The summed E-state index contributed by atoms with van der Waals surface area (Å²) in [6, 6.07) is 2.05. The Morgan fingerprint density at radius 1 is 1.26 bits per heavy atom. The average molecular weight is 330 g/mol. The summed E-state index contributed by atoms with van der Waals surface area (Å²) in [4.78, 5) is 21.8. The third-order valence-corrected chi connectivity index (χ3v) is 6.10. The summed E-state index contributed by atoms with van der Waals surface area (Å²) in [6.45, 7) is 3.71. The van der Waals surface area contributed by atoms with E-state index >= 15 is 0 Å². The second kappa shape index (κ2) is 5.76. The minimum atomic E-state index is -0.125. The summed E-state index contributed by atoms with van der Waals surface area (Å²) in [7, 11) is 2.03. The van der Waals surface area contributed by atoms with E-state index in [0.29, 0.717) is 5.91 Å². The molecule has 2 aliphatic heterocycles. The Morgan fingerprint density at radius 3 is 2.70 bits per heavy atom. The zero-order chi connectivity index (χ0) is 15.9. The van der Waals surface area contributed by atoms with Crippen LogP contribution in [0.5, 0.6) is 0 Å². The van der Waals surface area contributed by atoms with Gasteiger partial charge in [0.25, 0.3) is 0 Å². The molecular weight excluding hydrogens is 308 g/mol. The number of likely N-dealkylation sites (tertiary alicyclic amines) is 1. The molecule has 0 aliphatic carbocycles. The summed E-state index contributed by atoms with van der Waals surface area (Å²) in [5.74, 6) is 1.44. The number of hydrogen-bond donors (Lipinski definition) is 0. The van der Waals surface area contributed by atoms with Crippen molar-refractivity contribution in [3.8, 4) is 0 Å². The molecule has 2 aromatic heterocycles. The number of anilines is 1. The second-order valence-corrected chi connectivity index (χ2v) is 7.48. The van der Waals surface area contributed by atoms with Gasteiger partial charge >= 0.3 is 0 Å². The van der Waals surface area contributed by atoms with Gasteiger partial charge in [0.1, 0.15) is 5.82 Å². The van der Waals surface area contributed by atoms with Crippen molar-refractivity contribution < 1.29 is 4.79 Å². The molecule has 2 saturated heterocycles. The lowest BCUT2D eigenvalue weighted by molar-refractivity contribution is -0.128. The van der Waals surface area contributed by atoms with E-state index in [1.807, 2.05) is 29.7 Å². The van der Waals surface area contributed by atoms with Crippen LogP contribution in [-0.4, -0.2) is 40.0 Å². The number of carbonyl (C=O) groups is 1. The predicted molar refractivity (Wildman–Crippen MR) is 91.4 cm³/mol. The zero-order valence-electron chi connectivity index (χ0n) is 13.4. The molecule has 4 heterocycles. The maximum absolute atomic E-state index is 13.0. The van der Waals surface area contributed by atoms with Crippen molar-refractivity contribution in [1.29, 1.82) is 0 Å². The number of carbonyl (C=O) groups excluding carboxylic acids is 1. The molecule has 0 saturated carbocycles. The minimum absolute atomic E-state index is 0.125. The van der Waals surface area contributed by atoms with Gasteiger partial charge in [-0.15, -0.1) is 0 Å². The Bertz CT molecular complexity index is 685. The van der Waals surface area contributed by atoms with Crippen molar-refractivity contribution in [2.45, 2.75) is 25.8 Å². The highest BCUT2D eigenvalue weighted by molar-refractivity contribution is 7.08. The summed E-state index contributed by atoms with van der Waals surface area (Å²) in [5, 5.41) is 4.12. The third kappa shape index (κ3) is 2.60. The molecule has 2 aliphatic rings. The van der Waals surface area contributed by atoms with Crippen molar-refractivity contribution >= 4 is 22.9 Å². The van der Waals surface area contributed by atoms with E-state index in [1.165, 1.54) is 0 Å². The maximum Gasteiger partial charge on any atom is 0.233 e. The number of nitrogens with zero attached hydrogens (tertiary/aromatic N) is 4. The van der Waals surface area contributed by atoms with Crippen LogP contribution in [0, 0.1) is 5.41 Å². The molecule has 1 amide bonds. The lowest BCUT2D eigenvalue weighted by Gasteiger charge is -2.37. The smallest absolute Gasteiger partial charge is 0.233 e. The quantitative estimate of drug-likeness (QED) is 0.868. The molecule has 2 fully saturated rings. The van der Waals surface area contributed by atoms with Crippen LogP contribution in [0.2, 0.25) is 0 Å². The molecule has 2 aromatic rings. The van der Waals surface area contributed by atoms with Crippen LogP contribution in [0.15, 0.2) is 29.2 Å². The molecule has 0 aromatic carbocycles. The van der Waals surface area contributed by atoms with Crippen LogP contribution in [0.1, 0.15) is 25.1 Å². The fourth-order valence-corrected chi connectivity index (χ4v) is 4.47. The van der Waals surface area contributed by atoms with E-state index < -0.39 is 0 Å². The molecule has 0 radical (unpaired) electrons. The Kier molecular flexibility index (Phi) is 3.73. The predicted octanol–water partition coefficient (Wildman–Crippen LogP) is 2.50. The summed E-state index contributed by atoms with van der Waals surface area (Å²) in [5.41, 5.74) is 0.951. The van der Waals surface area contributed by atoms with Crippen LogP contribution in [0.25, 0.3) is 0 Å². The van der Waals surface area contributed by atoms with Crippen LogP contribution < -0.4 is 4.90 Å². The molecule has 0 atom stereocenters. The van der Waals surface area contributed by atoms with Gasteiger partial charge in [-0.1, -0.05) is 0 Å². The van der Waals surface area contributed by atoms with Gasteiger partial charge in [-0.25, -0.2) is 4.98 Å². The zero-order valence-corrected chi connectivity index (χ0v) is 14.3. The van der Waals surface area contributed by atoms with E-state index in [0.717, 1.165) is 57.0 Å². The molecule has 122 valence electrons. The van der Waals surface area contributed by atoms with E-state index in [9.17, 15) is 4.79 Å². The van der Waals surface area contributed by atoms with E-state index in [4.69, 9.17) is 0 Å². The van der Waals surface area contributed by atoms with Gasteiger partial charge in [0.05, 0.1) is 17.6 Å². The number of aryl methyl sites for hydroxylation is 1. The Balaban J connectivity index is 1.41. The molecule has 0 N–H and O–H groups in total. The molecular formula is C17H22N4OS. The van der Waals surface area contributed by atoms with E-state index in [-0.39, 0.29) is 5.41 Å². The highest BCUT2D eigenvalue weighted by Gasteiger charge is 2.48. The Morgan fingerprint density at radius 2 is 2.04 bits per heavy atom. The first kappa shape index (κ1) is 14.9. The van der Waals surface area contributed by atoms with E-state index in [1.54, 1.807) is 11.3 Å². The number of hydrogen-bond acceptors (Lipinski definition) is 4. The molecule has 6 heteroatoms. The van der Waals surface area contributed by atoms with Gasteiger partial charge in [-0.05, 0) is 43.8 Å². The standard InChI is InChI=1S/C17H22N4OS/c1-19-10-6-18-15(19)12-20-7-3-17(4-8-20)5-9-21(16(17)22)14-2-11-23-13-14/h2,6,10-11,13H,3-5,7-9,12H2,1H3. The Labute approximate surface area is 140 Å². The summed E-state index contributed by atoms with van der Waals surface area (Å²) < 4.78 is 2.07. The summed E-state index contributed by atoms with van der Waals surface area (Å²) >= 11 is 1.66. The number of piperidine rings is 1. The Hall–Kier alpha value is -1.66. The second-order valence-electron chi connectivity index (χ2n) is 6.70. The maximum atomic E-state index is 13.0. The molecule has 0 unspecified atom stereocenters. The first-order chi connectivity index (χ1) is 11.2. The highest BCUT2D eigenvalue weighted by atomic mass is 32.1. The number of rotatable bonds is 3.